The zero-order valence-corrected chi connectivity index (χ0v) is 20.4. The molecule has 8 nitrogen and oxygen atoms in total. The third kappa shape index (κ3) is 7.26. The van der Waals surface area contributed by atoms with Gasteiger partial charge in [-0.25, -0.2) is 0 Å². The van der Waals surface area contributed by atoms with Gasteiger partial charge in [-0.2, -0.15) is 0 Å². The van der Waals surface area contributed by atoms with Crippen LogP contribution in [0.3, 0.4) is 0 Å². The minimum Gasteiger partial charge on any atom is -0.493 e. The summed E-state index contributed by atoms with van der Waals surface area (Å²) < 4.78 is 17.6. The molecule has 1 amide bonds. The number of rotatable bonds is 4. The van der Waals surface area contributed by atoms with Gasteiger partial charge >= 0.3 is 5.97 Å². The molecule has 0 radical (unpaired) electrons. The van der Waals surface area contributed by atoms with Gasteiger partial charge in [-0.3, -0.25) is 14.5 Å². The number of nitrogens with zero attached hydrogens (tertiary/aromatic N) is 1. The van der Waals surface area contributed by atoms with Crippen LogP contribution >= 0.6 is 11.6 Å². The van der Waals surface area contributed by atoms with Crippen LogP contribution in [0.25, 0.3) is 0 Å². The lowest BCUT2D eigenvalue weighted by Crippen LogP contribution is -2.37. The zero-order valence-electron chi connectivity index (χ0n) is 19.7. The van der Waals surface area contributed by atoms with Crippen molar-refractivity contribution in [2.45, 2.75) is 45.2 Å². The SMILES string of the molecule is O=C(O)Cc1ccc2c(c1)CN(Cc1cc(Cl)c3c(c1)OCCCO3)CC(=O)NCCCCCO2. The number of aliphatic carboxylic acids is 1. The summed E-state index contributed by atoms with van der Waals surface area (Å²) in [6, 6.07) is 9.22. The molecular weight excluding hydrogens is 472 g/mol. The molecular formula is C26H31ClN2O6. The lowest BCUT2D eigenvalue weighted by atomic mass is 10.1. The number of carbonyl (C=O) groups excluding carboxylic acids is 1. The summed E-state index contributed by atoms with van der Waals surface area (Å²) >= 11 is 6.50. The zero-order chi connectivity index (χ0) is 24.6. The van der Waals surface area contributed by atoms with Gasteiger partial charge in [0.05, 0.1) is 37.8 Å². The van der Waals surface area contributed by atoms with Gasteiger partial charge in [-0.1, -0.05) is 23.7 Å². The maximum absolute atomic E-state index is 12.7. The standard InChI is InChI=1S/C26H31ClN2O6/c27-21-12-19(13-23-26(21)35-10-4-9-34-23)15-29-16-20-11-18(14-25(31)32)5-6-22(20)33-8-3-1-2-7-28-24(30)17-29/h5-6,11-13H,1-4,7-10,14-17H2,(H,28,30)(H,31,32). The molecule has 2 N–H and O–H groups in total. The molecule has 9 heteroatoms. The van der Waals surface area contributed by atoms with Crippen LogP contribution in [0.1, 0.15) is 42.4 Å². The molecule has 0 atom stereocenters. The Kier molecular flexibility index (Phi) is 8.71. The van der Waals surface area contributed by atoms with Crippen LogP contribution in [0.5, 0.6) is 17.2 Å². The summed E-state index contributed by atoms with van der Waals surface area (Å²) in [6.07, 6.45) is 3.42. The van der Waals surface area contributed by atoms with E-state index < -0.39 is 5.97 Å². The Morgan fingerprint density at radius 2 is 1.74 bits per heavy atom. The summed E-state index contributed by atoms with van der Waals surface area (Å²) in [5.74, 6) is 0.906. The number of benzene rings is 2. The quantitative estimate of drug-likeness (QED) is 0.656. The van der Waals surface area contributed by atoms with Crippen molar-refractivity contribution in [2.24, 2.45) is 0 Å². The maximum Gasteiger partial charge on any atom is 0.307 e. The van der Waals surface area contributed by atoms with Gasteiger partial charge in [-0.15, -0.1) is 0 Å². The van der Waals surface area contributed by atoms with Gasteiger partial charge in [0.2, 0.25) is 5.91 Å². The fraction of sp³-hybridized carbons (Fsp3) is 0.462. The Morgan fingerprint density at radius 1 is 0.943 bits per heavy atom. The minimum absolute atomic E-state index is 0.0613. The molecule has 2 aliphatic rings. The largest absolute Gasteiger partial charge is 0.493 e. The van der Waals surface area contributed by atoms with E-state index in [0.29, 0.717) is 67.3 Å². The average Bonchev–Trinajstić information content (AvgIpc) is 3.04. The summed E-state index contributed by atoms with van der Waals surface area (Å²) in [7, 11) is 0. The van der Waals surface area contributed by atoms with E-state index in [0.717, 1.165) is 36.8 Å². The Morgan fingerprint density at radius 3 is 2.60 bits per heavy atom. The molecule has 0 spiro atoms. The number of nitrogens with one attached hydrogen (secondary N) is 1. The van der Waals surface area contributed by atoms with E-state index in [-0.39, 0.29) is 18.9 Å². The van der Waals surface area contributed by atoms with Crippen molar-refractivity contribution in [1.82, 2.24) is 10.2 Å². The van der Waals surface area contributed by atoms with Gasteiger partial charge in [0.1, 0.15) is 5.75 Å². The third-order valence-corrected chi connectivity index (χ3v) is 6.19. The van der Waals surface area contributed by atoms with Crippen molar-refractivity contribution >= 4 is 23.5 Å². The maximum atomic E-state index is 12.7. The second-order valence-corrected chi connectivity index (χ2v) is 9.28. The second-order valence-electron chi connectivity index (χ2n) is 8.87. The predicted octanol–water partition coefficient (Wildman–Crippen LogP) is 3.81. The fourth-order valence-corrected chi connectivity index (χ4v) is 4.58. The van der Waals surface area contributed by atoms with E-state index in [1.807, 2.05) is 29.2 Å². The number of carboxylic acid groups (broad SMARTS) is 1. The molecule has 2 aromatic carbocycles. The lowest BCUT2D eigenvalue weighted by Gasteiger charge is -2.24. The van der Waals surface area contributed by atoms with E-state index >= 15 is 0 Å². The molecule has 0 aliphatic carbocycles. The van der Waals surface area contributed by atoms with E-state index in [2.05, 4.69) is 5.32 Å². The van der Waals surface area contributed by atoms with Gasteiger partial charge < -0.3 is 24.6 Å². The molecule has 0 saturated carbocycles. The van der Waals surface area contributed by atoms with Crippen molar-refractivity contribution in [2.75, 3.05) is 32.9 Å². The number of carboxylic acids is 1. The van der Waals surface area contributed by atoms with Crippen LogP contribution in [-0.4, -0.2) is 54.8 Å². The molecule has 0 aromatic heterocycles. The first-order chi connectivity index (χ1) is 17.0. The van der Waals surface area contributed by atoms with Crippen LogP contribution in [-0.2, 0) is 29.1 Å². The number of carbonyl (C=O) groups is 2. The highest BCUT2D eigenvalue weighted by atomic mass is 35.5. The van der Waals surface area contributed by atoms with Crippen molar-refractivity contribution in [3.63, 3.8) is 0 Å². The highest BCUT2D eigenvalue weighted by Gasteiger charge is 2.20. The smallest absolute Gasteiger partial charge is 0.307 e. The molecule has 2 heterocycles. The van der Waals surface area contributed by atoms with Gasteiger partial charge in [0.15, 0.2) is 11.5 Å². The van der Waals surface area contributed by atoms with Crippen molar-refractivity contribution in [3.05, 3.63) is 52.0 Å². The molecule has 4 rings (SSSR count). The van der Waals surface area contributed by atoms with Crippen LogP contribution in [0.4, 0.5) is 0 Å². The van der Waals surface area contributed by atoms with Crippen molar-refractivity contribution in [1.29, 1.82) is 0 Å². The number of hydrogen-bond acceptors (Lipinski definition) is 6. The molecule has 0 unspecified atom stereocenters. The van der Waals surface area contributed by atoms with E-state index in [1.165, 1.54) is 0 Å². The summed E-state index contributed by atoms with van der Waals surface area (Å²) in [5.41, 5.74) is 2.42. The number of amides is 1. The molecule has 0 bridgehead atoms. The normalized spacial score (nSPS) is 17.5. The molecule has 188 valence electrons. The van der Waals surface area contributed by atoms with Crippen molar-refractivity contribution in [3.8, 4) is 17.2 Å². The first-order valence-corrected chi connectivity index (χ1v) is 12.4. The second kappa shape index (κ2) is 12.1. The molecule has 0 fully saturated rings. The van der Waals surface area contributed by atoms with Crippen LogP contribution in [0.2, 0.25) is 5.02 Å². The van der Waals surface area contributed by atoms with E-state index in [4.69, 9.17) is 25.8 Å². The Bertz CT molecular complexity index is 1060. The molecule has 2 aromatic rings. The van der Waals surface area contributed by atoms with E-state index in [1.54, 1.807) is 6.07 Å². The summed E-state index contributed by atoms with van der Waals surface area (Å²) in [6.45, 7) is 3.31. The Hall–Kier alpha value is -2.97. The minimum atomic E-state index is -0.895. The van der Waals surface area contributed by atoms with Gasteiger partial charge in [0.25, 0.3) is 0 Å². The van der Waals surface area contributed by atoms with Crippen LogP contribution < -0.4 is 19.5 Å². The Labute approximate surface area is 210 Å². The number of ether oxygens (including phenoxy) is 3. The van der Waals surface area contributed by atoms with Gasteiger partial charge in [-0.05, 0) is 48.6 Å². The monoisotopic (exact) mass is 502 g/mol. The third-order valence-electron chi connectivity index (χ3n) is 5.91. The number of halogens is 1. The average molecular weight is 503 g/mol. The number of fused-ring (bicyclic) bond motifs is 2. The predicted molar refractivity (Wildman–Crippen MR) is 131 cm³/mol. The molecule has 0 saturated heterocycles. The van der Waals surface area contributed by atoms with Crippen molar-refractivity contribution < 1.29 is 28.9 Å². The molecule has 35 heavy (non-hydrogen) atoms. The first kappa shape index (κ1) is 25.1. The highest BCUT2D eigenvalue weighted by Crippen LogP contribution is 2.38. The first-order valence-electron chi connectivity index (χ1n) is 12.0. The van der Waals surface area contributed by atoms with Crippen LogP contribution in [0.15, 0.2) is 30.3 Å². The lowest BCUT2D eigenvalue weighted by molar-refractivity contribution is -0.136. The summed E-state index contributed by atoms with van der Waals surface area (Å²) in [5, 5.41) is 12.7. The fourth-order valence-electron chi connectivity index (χ4n) is 4.30. The molecule has 2 aliphatic heterocycles. The highest BCUT2D eigenvalue weighted by molar-refractivity contribution is 6.32. The van der Waals surface area contributed by atoms with Gasteiger partial charge in [0, 0.05) is 31.6 Å². The summed E-state index contributed by atoms with van der Waals surface area (Å²) in [4.78, 5) is 26.0. The topological polar surface area (TPSA) is 97.3 Å². The van der Waals surface area contributed by atoms with E-state index in [9.17, 15) is 14.7 Å². The Balaban J connectivity index is 1.63. The van der Waals surface area contributed by atoms with Crippen LogP contribution in [0, 0.1) is 0 Å². The number of hydrogen-bond donors (Lipinski definition) is 2.